The molecule has 0 N–H and O–H groups in total. The van der Waals surface area contributed by atoms with E-state index in [1.54, 1.807) is 6.07 Å². The molecule has 0 bridgehead atoms. The van der Waals surface area contributed by atoms with E-state index in [0.29, 0.717) is 5.69 Å². The third-order valence-electron chi connectivity index (χ3n) is 3.73. The number of fused-ring (bicyclic) bond motifs is 1. The highest BCUT2D eigenvalue weighted by Gasteiger charge is 2.21. The highest BCUT2D eigenvalue weighted by molar-refractivity contribution is 5.54. The first-order chi connectivity index (χ1) is 8.65. The van der Waals surface area contributed by atoms with Crippen LogP contribution in [0, 0.1) is 19.7 Å². The molecule has 0 atom stereocenters. The van der Waals surface area contributed by atoms with Crippen molar-refractivity contribution >= 4 is 5.69 Å². The fourth-order valence-electron chi connectivity index (χ4n) is 2.58. The van der Waals surface area contributed by atoms with E-state index >= 15 is 0 Å². The van der Waals surface area contributed by atoms with Gasteiger partial charge in [-0.1, -0.05) is 24.3 Å². The summed E-state index contributed by atoms with van der Waals surface area (Å²) < 4.78 is 13.8. The molecule has 2 heteroatoms. The highest BCUT2D eigenvalue weighted by atomic mass is 19.1. The number of para-hydroxylation sites is 1. The largest absolute Gasteiger partial charge is 0.360 e. The number of anilines is 1. The van der Waals surface area contributed by atoms with Gasteiger partial charge in [-0.25, -0.2) is 4.39 Å². The zero-order valence-electron chi connectivity index (χ0n) is 10.7. The Morgan fingerprint density at radius 1 is 0.944 bits per heavy atom. The van der Waals surface area contributed by atoms with Crippen molar-refractivity contribution in [2.45, 2.75) is 26.9 Å². The Morgan fingerprint density at radius 3 is 2.06 bits per heavy atom. The molecule has 0 aliphatic carbocycles. The van der Waals surface area contributed by atoms with Crippen molar-refractivity contribution in [1.82, 2.24) is 0 Å². The molecule has 0 unspecified atom stereocenters. The minimum atomic E-state index is -0.140. The fraction of sp³-hybridized carbons (Fsp3) is 0.250. The maximum absolute atomic E-state index is 13.8. The molecule has 3 rings (SSSR count). The van der Waals surface area contributed by atoms with Gasteiger partial charge in [0, 0.05) is 13.1 Å². The topological polar surface area (TPSA) is 3.24 Å². The molecule has 0 fully saturated rings. The van der Waals surface area contributed by atoms with Gasteiger partial charge in [0.15, 0.2) is 0 Å². The predicted molar refractivity (Wildman–Crippen MR) is 72.2 cm³/mol. The Kier molecular flexibility index (Phi) is 2.58. The second kappa shape index (κ2) is 4.13. The summed E-state index contributed by atoms with van der Waals surface area (Å²) in [7, 11) is 0. The van der Waals surface area contributed by atoms with E-state index in [1.165, 1.54) is 28.3 Å². The van der Waals surface area contributed by atoms with Crippen LogP contribution in [0.15, 0.2) is 36.4 Å². The normalized spacial score (nSPS) is 13.8. The van der Waals surface area contributed by atoms with E-state index in [2.05, 4.69) is 30.9 Å². The molecule has 2 aromatic carbocycles. The average Bonchev–Trinajstić information content (AvgIpc) is 2.73. The van der Waals surface area contributed by atoms with Crippen LogP contribution in [0.1, 0.15) is 22.3 Å². The Bertz CT molecular complexity index is 573. The van der Waals surface area contributed by atoms with Gasteiger partial charge in [-0.15, -0.1) is 0 Å². The highest BCUT2D eigenvalue weighted by Crippen LogP contribution is 2.31. The Balaban J connectivity index is 1.96. The molecule has 0 radical (unpaired) electrons. The first-order valence-electron chi connectivity index (χ1n) is 6.23. The Morgan fingerprint density at radius 2 is 1.50 bits per heavy atom. The first-order valence-corrected chi connectivity index (χ1v) is 6.23. The van der Waals surface area contributed by atoms with Gasteiger partial charge in [-0.3, -0.25) is 0 Å². The molecule has 1 heterocycles. The lowest BCUT2D eigenvalue weighted by atomic mass is 10.0. The predicted octanol–water partition coefficient (Wildman–Crippen LogP) is 3.96. The van der Waals surface area contributed by atoms with E-state index in [-0.39, 0.29) is 5.82 Å². The van der Waals surface area contributed by atoms with Gasteiger partial charge in [0.05, 0.1) is 5.69 Å². The van der Waals surface area contributed by atoms with E-state index in [1.807, 2.05) is 12.1 Å². The van der Waals surface area contributed by atoms with Crippen molar-refractivity contribution in [3.05, 3.63) is 64.5 Å². The van der Waals surface area contributed by atoms with Crippen LogP contribution in [0.5, 0.6) is 0 Å². The molecule has 0 spiro atoms. The van der Waals surface area contributed by atoms with Crippen LogP contribution in [-0.4, -0.2) is 0 Å². The summed E-state index contributed by atoms with van der Waals surface area (Å²) in [5.74, 6) is -0.140. The SMILES string of the molecule is Cc1cc2c(cc1C)CN(c1ccccc1F)C2. The van der Waals surface area contributed by atoms with Crippen molar-refractivity contribution < 1.29 is 4.39 Å². The first kappa shape index (κ1) is 11.3. The molecule has 0 amide bonds. The molecule has 0 saturated heterocycles. The van der Waals surface area contributed by atoms with Crippen LogP contribution in [0.2, 0.25) is 0 Å². The molecule has 1 nitrogen and oxygen atoms in total. The standard InChI is InChI=1S/C16H16FN/c1-11-7-13-9-18(10-14(13)8-12(11)2)16-6-4-3-5-15(16)17/h3-8H,9-10H2,1-2H3. The van der Waals surface area contributed by atoms with Crippen molar-refractivity contribution in [3.63, 3.8) is 0 Å². The number of benzene rings is 2. The van der Waals surface area contributed by atoms with Crippen molar-refractivity contribution in [2.75, 3.05) is 4.90 Å². The molecule has 1 aliphatic heterocycles. The van der Waals surface area contributed by atoms with Crippen LogP contribution in [-0.2, 0) is 13.1 Å². The number of hydrogen-bond acceptors (Lipinski definition) is 1. The summed E-state index contributed by atoms with van der Waals surface area (Å²) in [5, 5.41) is 0. The molecule has 2 aromatic rings. The number of hydrogen-bond donors (Lipinski definition) is 0. The number of halogens is 1. The van der Waals surface area contributed by atoms with Gasteiger partial charge in [-0.05, 0) is 48.2 Å². The third-order valence-corrected chi connectivity index (χ3v) is 3.73. The second-order valence-electron chi connectivity index (χ2n) is 5.01. The summed E-state index contributed by atoms with van der Waals surface area (Å²) in [6.45, 7) is 5.86. The molecular weight excluding hydrogens is 225 g/mol. The summed E-state index contributed by atoms with van der Waals surface area (Å²) in [5.41, 5.74) is 5.96. The van der Waals surface area contributed by atoms with Crippen LogP contribution >= 0.6 is 0 Å². The second-order valence-corrected chi connectivity index (χ2v) is 5.01. The summed E-state index contributed by atoms with van der Waals surface area (Å²) in [6, 6.07) is 11.4. The molecule has 0 saturated carbocycles. The summed E-state index contributed by atoms with van der Waals surface area (Å²) in [4.78, 5) is 2.10. The number of aryl methyl sites for hydroxylation is 2. The van der Waals surface area contributed by atoms with Gasteiger partial charge < -0.3 is 4.90 Å². The van der Waals surface area contributed by atoms with Crippen molar-refractivity contribution in [3.8, 4) is 0 Å². The maximum Gasteiger partial charge on any atom is 0.146 e. The zero-order valence-corrected chi connectivity index (χ0v) is 10.7. The number of nitrogens with zero attached hydrogens (tertiary/aromatic N) is 1. The number of rotatable bonds is 1. The van der Waals surface area contributed by atoms with E-state index < -0.39 is 0 Å². The minimum absolute atomic E-state index is 0.140. The van der Waals surface area contributed by atoms with Gasteiger partial charge in [0.1, 0.15) is 5.82 Å². The quantitative estimate of drug-likeness (QED) is 0.730. The third kappa shape index (κ3) is 1.78. The average molecular weight is 241 g/mol. The summed E-state index contributed by atoms with van der Waals surface area (Å²) >= 11 is 0. The van der Waals surface area contributed by atoms with Gasteiger partial charge >= 0.3 is 0 Å². The van der Waals surface area contributed by atoms with Gasteiger partial charge in [0.25, 0.3) is 0 Å². The lowest BCUT2D eigenvalue weighted by Crippen LogP contribution is -2.15. The smallest absolute Gasteiger partial charge is 0.146 e. The van der Waals surface area contributed by atoms with Gasteiger partial charge in [0.2, 0.25) is 0 Å². The molecule has 92 valence electrons. The molecule has 0 aromatic heterocycles. The van der Waals surface area contributed by atoms with Crippen molar-refractivity contribution in [2.24, 2.45) is 0 Å². The van der Waals surface area contributed by atoms with Crippen LogP contribution in [0.4, 0.5) is 10.1 Å². The van der Waals surface area contributed by atoms with Gasteiger partial charge in [-0.2, -0.15) is 0 Å². The van der Waals surface area contributed by atoms with Crippen LogP contribution < -0.4 is 4.90 Å². The zero-order chi connectivity index (χ0) is 12.7. The summed E-state index contributed by atoms with van der Waals surface area (Å²) in [6.07, 6.45) is 0. The van der Waals surface area contributed by atoms with E-state index in [9.17, 15) is 4.39 Å². The van der Waals surface area contributed by atoms with Crippen LogP contribution in [0.3, 0.4) is 0 Å². The molecule has 18 heavy (non-hydrogen) atoms. The molecular formula is C16H16FN. The molecule has 1 aliphatic rings. The van der Waals surface area contributed by atoms with Crippen molar-refractivity contribution in [1.29, 1.82) is 0 Å². The maximum atomic E-state index is 13.8. The fourth-order valence-corrected chi connectivity index (χ4v) is 2.58. The lowest BCUT2D eigenvalue weighted by molar-refractivity contribution is 0.619. The monoisotopic (exact) mass is 241 g/mol. The Labute approximate surface area is 107 Å². The Hall–Kier alpha value is -1.83. The van der Waals surface area contributed by atoms with E-state index in [0.717, 1.165) is 13.1 Å². The van der Waals surface area contributed by atoms with Crippen LogP contribution in [0.25, 0.3) is 0 Å². The van der Waals surface area contributed by atoms with E-state index in [4.69, 9.17) is 0 Å². The minimum Gasteiger partial charge on any atom is -0.360 e. The lowest BCUT2D eigenvalue weighted by Gasteiger charge is -2.18.